The van der Waals surface area contributed by atoms with Gasteiger partial charge in [-0.15, -0.1) is 0 Å². The zero-order valence-electron chi connectivity index (χ0n) is 8.62. The van der Waals surface area contributed by atoms with Crippen molar-refractivity contribution in [3.05, 3.63) is 0 Å². The molecule has 13 heavy (non-hydrogen) atoms. The molecule has 3 nitrogen and oxygen atoms in total. The lowest BCUT2D eigenvalue weighted by Gasteiger charge is -2.08. The molecule has 2 unspecified atom stereocenters. The summed E-state index contributed by atoms with van der Waals surface area (Å²) in [6, 6.07) is 0. The molecule has 0 spiro atoms. The number of nitrogens with two attached hydrogens (primary N) is 1. The van der Waals surface area contributed by atoms with Gasteiger partial charge in [0.25, 0.3) is 0 Å². The molecule has 0 aliphatic heterocycles. The summed E-state index contributed by atoms with van der Waals surface area (Å²) < 4.78 is 4.91. The maximum absolute atomic E-state index is 5.88. The lowest BCUT2D eigenvalue weighted by atomic mass is 10.1. The van der Waals surface area contributed by atoms with Gasteiger partial charge in [0.1, 0.15) is 0 Å². The molecule has 1 aliphatic carbocycles. The van der Waals surface area contributed by atoms with Crippen molar-refractivity contribution in [2.24, 2.45) is 22.6 Å². The van der Waals surface area contributed by atoms with Crippen LogP contribution >= 0.6 is 0 Å². The van der Waals surface area contributed by atoms with Crippen LogP contribution in [0.1, 0.15) is 26.2 Å². The number of rotatable bonds is 4. The Morgan fingerprint density at radius 3 is 2.85 bits per heavy atom. The summed E-state index contributed by atoms with van der Waals surface area (Å²) in [5.41, 5.74) is 5.88. The first-order chi connectivity index (χ1) is 6.24. The Balaban J connectivity index is 2.29. The highest BCUT2D eigenvalue weighted by Crippen LogP contribution is 2.30. The minimum Gasteiger partial charge on any atom is -0.387 e. The molecule has 0 amide bonds. The molecule has 1 saturated carbocycles. The predicted octanol–water partition coefficient (Wildman–Crippen LogP) is 1.43. The molecular formula is C10H20N2O. The SMILES string of the molecule is COCCN=C(N)C1CCC(C)C1. The van der Waals surface area contributed by atoms with Crippen LogP contribution in [0.15, 0.2) is 4.99 Å². The lowest BCUT2D eigenvalue weighted by molar-refractivity contribution is 0.208. The van der Waals surface area contributed by atoms with Crippen LogP contribution in [0.5, 0.6) is 0 Å². The van der Waals surface area contributed by atoms with Crippen molar-refractivity contribution >= 4 is 5.84 Å². The van der Waals surface area contributed by atoms with Crippen LogP contribution in [0.25, 0.3) is 0 Å². The van der Waals surface area contributed by atoms with Gasteiger partial charge in [0, 0.05) is 13.0 Å². The summed E-state index contributed by atoms with van der Waals surface area (Å²) in [6.45, 7) is 3.65. The van der Waals surface area contributed by atoms with Gasteiger partial charge >= 0.3 is 0 Å². The van der Waals surface area contributed by atoms with Crippen LogP contribution in [0.2, 0.25) is 0 Å². The van der Waals surface area contributed by atoms with Gasteiger partial charge in [-0.1, -0.05) is 6.92 Å². The number of amidine groups is 1. The van der Waals surface area contributed by atoms with Crippen molar-refractivity contribution in [3.8, 4) is 0 Å². The minimum absolute atomic E-state index is 0.534. The summed E-state index contributed by atoms with van der Waals surface area (Å²) in [6.07, 6.45) is 3.72. The fraction of sp³-hybridized carbons (Fsp3) is 0.900. The molecule has 2 atom stereocenters. The van der Waals surface area contributed by atoms with Crippen LogP contribution in [-0.2, 0) is 4.74 Å². The van der Waals surface area contributed by atoms with E-state index in [9.17, 15) is 0 Å². The van der Waals surface area contributed by atoms with Crippen molar-refractivity contribution < 1.29 is 4.74 Å². The molecule has 1 fully saturated rings. The van der Waals surface area contributed by atoms with Crippen LogP contribution in [-0.4, -0.2) is 26.1 Å². The Morgan fingerprint density at radius 2 is 2.31 bits per heavy atom. The van der Waals surface area contributed by atoms with Crippen molar-refractivity contribution in [1.82, 2.24) is 0 Å². The van der Waals surface area contributed by atoms with Gasteiger partial charge in [-0.05, 0) is 25.2 Å². The van der Waals surface area contributed by atoms with Gasteiger partial charge in [-0.25, -0.2) is 0 Å². The first-order valence-electron chi connectivity index (χ1n) is 5.02. The second-order valence-corrected chi connectivity index (χ2v) is 3.91. The van der Waals surface area contributed by atoms with E-state index in [0.717, 1.165) is 11.8 Å². The highest BCUT2D eigenvalue weighted by molar-refractivity contribution is 5.83. The second-order valence-electron chi connectivity index (χ2n) is 3.91. The second kappa shape index (κ2) is 5.22. The molecule has 0 aromatic rings. The molecule has 0 aromatic carbocycles. The van der Waals surface area contributed by atoms with Gasteiger partial charge in [-0.3, -0.25) is 4.99 Å². The minimum atomic E-state index is 0.534. The van der Waals surface area contributed by atoms with Gasteiger partial charge in [0.2, 0.25) is 0 Å². The van der Waals surface area contributed by atoms with Crippen molar-refractivity contribution in [3.63, 3.8) is 0 Å². The largest absolute Gasteiger partial charge is 0.387 e. The number of nitrogens with zero attached hydrogens (tertiary/aromatic N) is 1. The monoisotopic (exact) mass is 184 g/mol. The molecule has 0 saturated heterocycles. The van der Waals surface area contributed by atoms with Gasteiger partial charge in [0.05, 0.1) is 19.0 Å². The van der Waals surface area contributed by atoms with Crippen LogP contribution < -0.4 is 5.73 Å². The van der Waals surface area contributed by atoms with E-state index in [-0.39, 0.29) is 0 Å². The van der Waals surface area contributed by atoms with Crippen molar-refractivity contribution in [1.29, 1.82) is 0 Å². The molecule has 0 aromatic heterocycles. The molecule has 0 heterocycles. The van der Waals surface area contributed by atoms with Gasteiger partial charge < -0.3 is 10.5 Å². The summed E-state index contributed by atoms with van der Waals surface area (Å²) in [5.74, 6) is 2.19. The molecule has 0 radical (unpaired) electrons. The van der Waals surface area contributed by atoms with E-state index in [1.165, 1.54) is 19.3 Å². The quantitative estimate of drug-likeness (QED) is 0.408. The number of ether oxygens (including phenoxy) is 1. The summed E-state index contributed by atoms with van der Waals surface area (Å²) in [7, 11) is 1.68. The molecule has 2 N–H and O–H groups in total. The molecule has 76 valence electrons. The topological polar surface area (TPSA) is 47.6 Å². The predicted molar refractivity (Wildman–Crippen MR) is 54.9 cm³/mol. The number of methoxy groups -OCH3 is 1. The standard InChI is InChI=1S/C10H20N2O/c1-8-3-4-9(7-8)10(11)12-5-6-13-2/h8-9H,3-7H2,1-2H3,(H2,11,12). The maximum atomic E-state index is 5.88. The first-order valence-corrected chi connectivity index (χ1v) is 5.02. The zero-order chi connectivity index (χ0) is 9.68. The molecule has 0 bridgehead atoms. The Bertz CT molecular complexity index is 180. The fourth-order valence-electron chi connectivity index (χ4n) is 1.87. The average Bonchev–Trinajstić information content (AvgIpc) is 2.52. The van der Waals surface area contributed by atoms with Gasteiger partial charge in [-0.2, -0.15) is 0 Å². The smallest absolute Gasteiger partial charge is 0.0969 e. The zero-order valence-corrected chi connectivity index (χ0v) is 8.62. The summed E-state index contributed by atoms with van der Waals surface area (Å²) in [5, 5.41) is 0. The highest BCUT2D eigenvalue weighted by Gasteiger charge is 2.23. The van der Waals surface area contributed by atoms with E-state index in [1.807, 2.05) is 0 Å². The Kier molecular flexibility index (Phi) is 4.22. The Hall–Kier alpha value is -0.570. The number of aliphatic imine (C=N–C) groups is 1. The van der Waals surface area contributed by atoms with E-state index >= 15 is 0 Å². The van der Waals surface area contributed by atoms with E-state index in [0.29, 0.717) is 19.1 Å². The van der Waals surface area contributed by atoms with E-state index in [4.69, 9.17) is 10.5 Å². The molecular weight excluding hydrogens is 164 g/mol. The third-order valence-corrected chi connectivity index (χ3v) is 2.70. The Labute approximate surface area is 80.4 Å². The van der Waals surface area contributed by atoms with Crippen LogP contribution in [0, 0.1) is 11.8 Å². The van der Waals surface area contributed by atoms with E-state index in [1.54, 1.807) is 7.11 Å². The number of hydrogen-bond acceptors (Lipinski definition) is 2. The molecule has 1 rings (SSSR count). The summed E-state index contributed by atoms with van der Waals surface area (Å²) in [4.78, 5) is 4.30. The van der Waals surface area contributed by atoms with E-state index < -0.39 is 0 Å². The van der Waals surface area contributed by atoms with Crippen LogP contribution in [0.4, 0.5) is 0 Å². The number of hydrogen-bond donors (Lipinski definition) is 1. The van der Waals surface area contributed by atoms with Crippen molar-refractivity contribution in [2.45, 2.75) is 26.2 Å². The first kappa shape index (κ1) is 10.5. The maximum Gasteiger partial charge on any atom is 0.0969 e. The van der Waals surface area contributed by atoms with E-state index in [2.05, 4.69) is 11.9 Å². The third kappa shape index (κ3) is 3.35. The summed E-state index contributed by atoms with van der Waals surface area (Å²) >= 11 is 0. The van der Waals surface area contributed by atoms with Crippen LogP contribution in [0.3, 0.4) is 0 Å². The molecule has 3 heteroatoms. The lowest BCUT2D eigenvalue weighted by Crippen LogP contribution is -2.22. The van der Waals surface area contributed by atoms with Crippen molar-refractivity contribution in [2.75, 3.05) is 20.3 Å². The average molecular weight is 184 g/mol. The fourth-order valence-corrected chi connectivity index (χ4v) is 1.87. The molecule has 1 aliphatic rings. The highest BCUT2D eigenvalue weighted by atomic mass is 16.5. The normalized spacial score (nSPS) is 29.5. The Morgan fingerprint density at radius 1 is 1.54 bits per heavy atom. The third-order valence-electron chi connectivity index (χ3n) is 2.70. The van der Waals surface area contributed by atoms with Gasteiger partial charge in [0.15, 0.2) is 0 Å².